The van der Waals surface area contributed by atoms with Crippen LogP contribution in [0, 0.1) is 0 Å². The second-order valence-corrected chi connectivity index (χ2v) is 9.73. The van der Waals surface area contributed by atoms with E-state index < -0.39 is 7.82 Å². The number of nitrogens with one attached hydrogen (secondary N) is 2. The van der Waals surface area contributed by atoms with E-state index in [-0.39, 0.29) is 5.91 Å². The number of hydrogen-bond donors (Lipinski definition) is 4. The number of hydrogen-bond acceptors (Lipinski definition) is 3. The van der Waals surface area contributed by atoms with Crippen molar-refractivity contribution in [1.82, 2.24) is 5.32 Å². The van der Waals surface area contributed by atoms with Gasteiger partial charge in [-0.1, -0.05) is 96.8 Å². The second-order valence-electron chi connectivity index (χ2n) is 8.75. The molecule has 0 unspecified atom stereocenters. The number of carbonyl (C=O) groups excluding carboxylic acids is 1. The Kier molecular flexibility index (Phi) is 26.5. The van der Waals surface area contributed by atoms with Crippen molar-refractivity contribution in [1.29, 1.82) is 0 Å². The summed E-state index contributed by atoms with van der Waals surface area (Å²) in [4.78, 5) is 36.3. The maximum Gasteiger partial charge on any atom is 0.262 e. The molecule has 0 aliphatic heterocycles. The summed E-state index contributed by atoms with van der Waals surface area (Å²) in [6.07, 6.45) is 21.3. The SMILES string of the molecule is CCCCCCCCCCCCCCCCCC(=O)NCC[NH+](CC)CC.O=P([O-])(O)O. The maximum atomic E-state index is 11.8. The van der Waals surface area contributed by atoms with Crippen LogP contribution in [0.4, 0.5) is 0 Å². The van der Waals surface area contributed by atoms with Crippen LogP contribution in [0.1, 0.15) is 124 Å². The molecule has 194 valence electrons. The highest BCUT2D eigenvalue weighted by molar-refractivity contribution is 7.43. The highest BCUT2D eigenvalue weighted by atomic mass is 31.2. The van der Waals surface area contributed by atoms with Gasteiger partial charge in [-0.15, -0.1) is 0 Å². The van der Waals surface area contributed by atoms with Gasteiger partial charge in [-0.05, 0) is 20.3 Å². The Balaban J connectivity index is 0. The largest absolute Gasteiger partial charge is 0.756 e. The minimum absolute atomic E-state index is 0.247. The van der Waals surface area contributed by atoms with E-state index in [9.17, 15) is 4.79 Å². The number of amides is 1. The van der Waals surface area contributed by atoms with Crippen molar-refractivity contribution < 1.29 is 28.9 Å². The molecule has 0 aromatic carbocycles. The van der Waals surface area contributed by atoms with E-state index in [1.54, 1.807) is 4.90 Å². The molecule has 0 saturated heterocycles. The van der Waals surface area contributed by atoms with Crippen molar-refractivity contribution in [2.24, 2.45) is 0 Å². The number of carbonyl (C=O) groups is 1. The van der Waals surface area contributed by atoms with Gasteiger partial charge in [0.2, 0.25) is 5.91 Å². The van der Waals surface area contributed by atoms with E-state index in [0.29, 0.717) is 6.42 Å². The van der Waals surface area contributed by atoms with Gasteiger partial charge in [-0.2, -0.15) is 0 Å². The molecule has 0 radical (unpaired) electrons. The number of quaternary nitrogens is 1. The summed E-state index contributed by atoms with van der Waals surface area (Å²) in [5.74, 6) is 0.247. The lowest BCUT2D eigenvalue weighted by molar-refractivity contribution is -0.895. The number of phosphoric acid groups is 1. The molecule has 4 N–H and O–H groups in total. The van der Waals surface area contributed by atoms with E-state index >= 15 is 0 Å². The van der Waals surface area contributed by atoms with Crippen molar-refractivity contribution in [3.8, 4) is 0 Å². The van der Waals surface area contributed by atoms with Crippen molar-refractivity contribution in [2.75, 3.05) is 26.2 Å². The lowest BCUT2D eigenvalue weighted by atomic mass is 10.0. The van der Waals surface area contributed by atoms with Crippen molar-refractivity contribution in [3.05, 3.63) is 0 Å². The highest BCUT2D eigenvalue weighted by Crippen LogP contribution is 2.19. The molecular weight excluding hydrogens is 427 g/mol. The van der Waals surface area contributed by atoms with Crippen molar-refractivity contribution >= 4 is 13.7 Å². The van der Waals surface area contributed by atoms with Gasteiger partial charge in [0.15, 0.2) is 0 Å². The standard InChI is InChI=1S/C24H50N2O.H3O4P/c1-4-7-8-9-10-11-12-13-14-15-16-17-18-19-20-21-24(27)25-22-23-26(5-2)6-3;1-5(2,3)4/h4-23H2,1-3H3,(H,25,27);(H3,1,2,3,4). The molecule has 0 atom stereocenters. The molecule has 0 aliphatic rings. The molecule has 8 heteroatoms. The lowest BCUT2D eigenvalue weighted by Gasteiger charge is -2.15. The summed E-state index contributed by atoms with van der Waals surface area (Å²) >= 11 is 0. The first-order valence-electron chi connectivity index (χ1n) is 13.1. The Morgan fingerprint density at radius 1 is 0.750 bits per heavy atom. The van der Waals surface area contributed by atoms with Crippen LogP contribution < -0.4 is 15.1 Å². The Morgan fingerprint density at radius 2 is 1.09 bits per heavy atom. The first-order chi connectivity index (χ1) is 15.2. The molecule has 0 aromatic rings. The summed E-state index contributed by atoms with van der Waals surface area (Å²) in [5.41, 5.74) is 0. The zero-order valence-electron chi connectivity index (χ0n) is 21.2. The Hall–Kier alpha value is -0.460. The lowest BCUT2D eigenvalue weighted by Crippen LogP contribution is -3.12. The first kappa shape index (κ1) is 33.7. The quantitative estimate of drug-likeness (QED) is 0.148. The number of rotatable bonds is 21. The van der Waals surface area contributed by atoms with Crippen LogP contribution in [-0.2, 0) is 9.36 Å². The van der Waals surface area contributed by atoms with Gasteiger partial charge < -0.3 is 24.9 Å². The van der Waals surface area contributed by atoms with Crippen LogP contribution in [0.25, 0.3) is 0 Å². The van der Waals surface area contributed by atoms with Gasteiger partial charge in [-0.25, -0.2) is 0 Å². The average Bonchev–Trinajstić information content (AvgIpc) is 2.73. The monoisotopic (exact) mass is 480 g/mol. The van der Waals surface area contributed by atoms with Crippen LogP contribution >= 0.6 is 7.82 Å². The van der Waals surface area contributed by atoms with Gasteiger partial charge in [-0.3, -0.25) is 9.36 Å². The molecule has 0 aliphatic carbocycles. The topological polar surface area (TPSA) is 114 Å². The molecule has 7 nitrogen and oxygen atoms in total. The van der Waals surface area contributed by atoms with Crippen molar-refractivity contribution in [2.45, 2.75) is 124 Å². The van der Waals surface area contributed by atoms with Crippen LogP contribution in [0.3, 0.4) is 0 Å². The first-order valence-corrected chi connectivity index (χ1v) is 14.6. The van der Waals surface area contributed by atoms with Gasteiger partial charge in [0.25, 0.3) is 7.82 Å². The molecule has 0 fully saturated rings. The third-order valence-corrected chi connectivity index (χ3v) is 5.81. The predicted octanol–water partition coefficient (Wildman–Crippen LogP) is 3.73. The Morgan fingerprint density at radius 3 is 1.44 bits per heavy atom. The Labute approximate surface area is 198 Å². The highest BCUT2D eigenvalue weighted by Gasteiger charge is 2.04. The summed E-state index contributed by atoms with van der Waals surface area (Å²) < 4.78 is 8.77. The normalized spacial score (nSPS) is 11.3. The van der Waals surface area contributed by atoms with Crippen LogP contribution in [0.2, 0.25) is 0 Å². The third-order valence-electron chi connectivity index (χ3n) is 5.81. The van der Waals surface area contributed by atoms with Gasteiger partial charge in [0.1, 0.15) is 0 Å². The van der Waals surface area contributed by atoms with E-state index in [2.05, 4.69) is 26.1 Å². The molecule has 32 heavy (non-hydrogen) atoms. The third kappa shape index (κ3) is 34.2. The van der Waals surface area contributed by atoms with Gasteiger partial charge >= 0.3 is 0 Å². The minimum atomic E-state index is -4.89. The van der Waals surface area contributed by atoms with Crippen LogP contribution in [0.5, 0.6) is 0 Å². The van der Waals surface area contributed by atoms with E-state index in [1.807, 2.05) is 0 Å². The zero-order valence-corrected chi connectivity index (χ0v) is 22.1. The predicted molar refractivity (Wildman–Crippen MR) is 132 cm³/mol. The van der Waals surface area contributed by atoms with Crippen molar-refractivity contribution in [3.63, 3.8) is 0 Å². The average molecular weight is 481 g/mol. The molecule has 0 bridgehead atoms. The van der Waals surface area contributed by atoms with E-state index in [4.69, 9.17) is 19.2 Å². The van der Waals surface area contributed by atoms with Gasteiger partial charge in [0.05, 0.1) is 26.2 Å². The van der Waals surface area contributed by atoms with Crippen LogP contribution in [-0.4, -0.2) is 41.9 Å². The molecular formula is C24H53N2O5P. The maximum absolute atomic E-state index is 11.8. The number of likely N-dealkylation sites (N-methyl/N-ethyl adjacent to an activating group) is 1. The fourth-order valence-corrected chi connectivity index (χ4v) is 3.73. The zero-order chi connectivity index (χ0) is 24.5. The molecule has 0 aromatic heterocycles. The minimum Gasteiger partial charge on any atom is -0.756 e. The van der Waals surface area contributed by atoms with E-state index in [0.717, 1.165) is 32.6 Å². The fourth-order valence-electron chi connectivity index (χ4n) is 3.73. The molecule has 0 rings (SSSR count). The molecule has 0 saturated carbocycles. The summed E-state index contributed by atoms with van der Waals surface area (Å²) in [6.45, 7) is 10.9. The van der Waals surface area contributed by atoms with Gasteiger partial charge in [0, 0.05) is 6.42 Å². The summed E-state index contributed by atoms with van der Waals surface area (Å²) in [7, 11) is -4.89. The molecule has 1 amide bonds. The molecule has 0 heterocycles. The van der Waals surface area contributed by atoms with Crippen LogP contribution in [0.15, 0.2) is 0 Å². The summed E-state index contributed by atoms with van der Waals surface area (Å²) in [5, 5.41) is 3.07. The summed E-state index contributed by atoms with van der Waals surface area (Å²) in [6, 6.07) is 0. The Bertz CT molecular complexity index is 434. The number of unbranched alkanes of at least 4 members (excludes halogenated alkanes) is 14. The fraction of sp³-hybridized carbons (Fsp3) is 0.958. The van der Waals surface area contributed by atoms with E-state index in [1.165, 1.54) is 89.9 Å². The molecule has 0 spiro atoms. The smallest absolute Gasteiger partial charge is 0.262 e. The second kappa shape index (κ2) is 25.2.